The van der Waals surface area contributed by atoms with Crippen LogP contribution in [0.5, 0.6) is 17.2 Å². The average molecular weight is 409 g/mol. The lowest BCUT2D eigenvalue weighted by molar-refractivity contribution is 0.410. The van der Waals surface area contributed by atoms with Crippen molar-refractivity contribution in [3.05, 3.63) is 100 Å². The van der Waals surface area contributed by atoms with E-state index >= 15 is 0 Å². The summed E-state index contributed by atoms with van der Waals surface area (Å²) in [5.41, 5.74) is 0.786. The molecule has 0 radical (unpaired) electrons. The van der Waals surface area contributed by atoms with Gasteiger partial charge in [-0.3, -0.25) is 0 Å². The summed E-state index contributed by atoms with van der Waals surface area (Å²) < 4.78 is 23.4. The molecule has 0 aliphatic heterocycles. The standard InChI is InChI=1S/C24H21ClO4/c1-15-7-13-21(27-15)24(22-14-8-16(2)28-22)23-19(25)5-4-6-20(23)29-18-11-9-17(26-3)10-12-18/h4-14,24H,1-3H3. The van der Waals surface area contributed by atoms with Crippen LogP contribution in [0.25, 0.3) is 0 Å². The monoisotopic (exact) mass is 408 g/mol. The first-order chi connectivity index (χ1) is 14.0. The van der Waals surface area contributed by atoms with E-state index in [1.165, 1.54) is 0 Å². The number of rotatable bonds is 6. The molecule has 2 aromatic heterocycles. The molecule has 5 heteroatoms. The van der Waals surface area contributed by atoms with Gasteiger partial charge in [-0.2, -0.15) is 0 Å². The van der Waals surface area contributed by atoms with Gasteiger partial charge in [0.05, 0.1) is 7.11 Å². The Bertz CT molecular complexity index is 1070. The van der Waals surface area contributed by atoms with Crippen molar-refractivity contribution in [2.24, 2.45) is 0 Å². The van der Waals surface area contributed by atoms with Crippen LogP contribution in [0.2, 0.25) is 5.02 Å². The fourth-order valence-electron chi connectivity index (χ4n) is 3.30. The molecule has 2 heterocycles. The van der Waals surface area contributed by atoms with Gasteiger partial charge in [0.15, 0.2) is 0 Å². The summed E-state index contributed by atoms with van der Waals surface area (Å²) in [6.07, 6.45) is 0. The van der Waals surface area contributed by atoms with E-state index < -0.39 is 0 Å². The van der Waals surface area contributed by atoms with Gasteiger partial charge in [0.25, 0.3) is 0 Å². The number of methoxy groups -OCH3 is 1. The highest BCUT2D eigenvalue weighted by atomic mass is 35.5. The first-order valence-electron chi connectivity index (χ1n) is 9.28. The van der Waals surface area contributed by atoms with Crippen molar-refractivity contribution in [2.75, 3.05) is 7.11 Å². The lowest BCUT2D eigenvalue weighted by Gasteiger charge is -2.19. The van der Waals surface area contributed by atoms with E-state index in [4.69, 9.17) is 29.9 Å². The van der Waals surface area contributed by atoms with Crippen molar-refractivity contribution in [2.45, 2.75) is 19.8 Å². The number of hydrogen-bond acceptors (Lipinski definition) is 4. The van der Waals surface area contributed by atoms with Crippen LogP contribution >= 0.6 is 11.6 Å². The lowest BCUT2D eigenvalue weighted by atomic mass is 9.93. The van der Waals surface area contributed by atoms with Crippen molar-refractivity contribution >= 4 is 11.6 Å². The van der Waals surface area contributed by atoms with Crippen LogP contribution in [0, 0.1) is 13.8 Å². The number of halogens is 1. The van der Waals surface area contributed by atoms with Crippen LogP contribution in [0.4, 0.5) is 0 Å². The van der Waals surface area contributed by atoms with E-state index in [1.54, 1.807) is 7.11 Å². The SMILES string of the molecule is COc1ccc(Oc2cccc(Cl)c2C(c2ccc(C)o2)c2ccc(C)o2)cc1. The summed E-state index contributed by atoms with van der Waals surface area (Å²) >= 11 is 6.67. The highest BCUT2D eigenvalue weighted by Crippen LogP contribution is 2.43. The van der Waals surface area contributed by atoms with Gasteiger partial charge < -0.3 is 18.3 Å². The second kappa shape index (κ2) is 8.10. The minimum Gasteiger partial charge on any atom is -0.497 e. The molecule has 0 N–H and O–H groups in total. The van der Waals surface area contributed by atoms with Gasteiger partial charge in [-0.15, -0.1) is 0 Å². The molecule has 0 atom stereocenters. The first kappa shape index (κ1) is 19.2. The molecule has 4 aromatic rings. The highest BCUT2D eigenvalue weighted by molar-refractivity contribution is 6.31. The second-order valence-corrected chi connectivity index (χ2v) is 7.17. The molecule has 148 valence electrons. The molecule has 29 heavy (non-hydrogen) atoms. The summed E-state index contributed by atoms with van der Waals surface area (Å²) in [4.78, 5) is 0. The van der Waals surface area contributed by atoms with Crippen LogP contribution in [-0.4, -0.2) is 7.11 Å². The Morgan fingerprint density at radius 1 is 0.759 bits per heavy atom. The maximum absolute atomic E-state index is 6.67. The number of ether oxygens (including phenoxy) is 2. The Balaban J connectivity index is 1.82. The van der Waals surface area contributed by atoms with E-state index in [2.05, 4.69) is 0 Å². The van der Waals surface area contributed by atoms with Crippen molar-refractivity contribution in [3.8, 4) is 17.2 Å². The smallest absolute Gasteiger partial charge is 0.133 e. The van der Waals surface area contributed by atoms with E-state index in [1.807, 2.05) is 80.6 Å². The van der Waals surface area contributed by atoms with E-state index in [9.17, 15) is 0 Å². The lowest BCUT2D eigenvalue weighted by Crippen LogP contribution is -2.04. The molecule has 0 bridgehead atoms. The van der Waals surface area contributed by atoms with Gasteiger partial charge in [0, 0.05) is 10.6 Å². The van der Waals surface area contributed by atoms with Gasteiger partial charge in [-0.25, -0.2) is 0 Å². The summed E-state index contributed by atoms with van der Waals surface area (Å²) in [5, 5.41) is 0.573. The Hall–Kier alpha value is -3.11. The third-order valence-corrected chi connectivity index (χ3v) is 5.01. The van der Waals surface area contributed by atoms with Crippen molar-refractivity contribution in [1.29, 1.82) is 0 Å². The van der Waals surface area contributed by atoms with Crippen molar-refractivity contribution in [3.63, 3.8) is 0 Å². The zero-order valence-electron chi connectivity index (χ0n) is 16.4. The fraction of sp³-hybridized carbons (Fsp3) is 0.167. The van der Waals surface area contributed by atoms with E-state index in [0.717, 1.165) is 34.4 Å². The normalized spacial score (nSPS) is 11.1. The summed E-state index contributed by atoms with van der Waals surface area (Å²) in [5.74, 6) is 4.86. The summed E-state index contributed by atoms with van der Waals surface area (Å²) in [6.45, 7) is 3.82. The molecule has 4 nitrogen and oxygen atoms in total. The highest BCUT2D eigenvalue weighted by Gasteiger charge is 2.29. The van der Waals surface area contributed by atoms with Gasteiger partial charge in [-0.1, -0.05) is 17.7 Å². The topological polar surface area (TPSA) is 44.7 Å². The maximum atomic E-state index is 6.67. The fourth-order valence-corrected chi connectivity index (χ4v) is 3.57. The third kappa shape index (κ3) is 4.03. The zero-order valence-corrected chi connectivity index (χ0v) is 17.2. The minimum absolute atomic E-state index is 0.334. The second-order valence-electron chi connectivity index (χ2n) is 6.76. The molecule has 0 amide bonds. The number of furan rings is 2. The number of aryl methyl sites for hydroxylation is 2. The predicted molar refractivity (Wildman–Crippen MR) is 112 cm³/mol. The molecule has 2 aromatic carbocycles. The predicted octanol–water partition coefficient (Wildman–Crippen LogP) is 7.12. The molecule has 0 saturated carbocycles. The Kier molecular flexibility index (Phi) is 5.36. The molecular weight excluding hydrogens is 388 g/mol. The minimum atomic E-state index is -0.334. The molecule has 0 unspecified atom stereocenters. The number of benzene rings is 2. The molecule has 0 fully saturated rings. The van der Waals surface area contributed by atoms with Gasteiger partial charge in [-0.05, 0) is 74.5 Å². The third-order valence-electron chi connectivity index (χ3n) is 4.68. The summed E-state index contributed by atoms with van der Waals surface area (Å²) in [6, 6.07) is 20.8. The largest absolute Gasteiger partial charge is 0.497 e. The van der Waals surface area contributed by atoms with Crippen LogP contribution < -0.4 is 9.47 Å². The molecule has 0 saturated heterocycles. The van der Waals surface area contributed by atoms with Gasteiger partial charge in [0.1, 0.15) is 46.2 Å². The quantitative estimate of drug-likeness (QED) is 0.340. The first-order valence-corrected chi connectivity index (χ1v) is 9.66. The Morgan fingerprint density at radius 3 is 1.86 bits per heavy atom. The molecule has 0 spiro atoms. The van der Waals surface area contributed by atoms with E-state index in [0.29, 0.717) is 16.5 Å². The van der Waals surface area contributed by atoms with Crippen LogP contribution in [0.15, 0.2) is 75.6 Å². The molecule has 0 aliphatic rings. The van der Waals surface area contributed by atoms with Crippen LogP contribution in [0.1, 0.15) is 34.5 Å². The van der Waals surface area contributed by atoms with Crippen LogP contribution in [-0.2, 0) is 0 Å². The zero-order chi connectivity index (χ0) is 20.4. The number of hydrogen-bond donors (Lipinski definition) is 0. The summed E-state index contributed by atoms with van der Waals surface area (Å²) in [7, 11) is 1.63. The van der Waals surface area contributed by atoms with Crippen molar-refractivity contribution < 1.29 is 18.3 Å². The van der Waals surface area contributed by atoms with Gasteiger partial charge >= 0.3 is 0 Å². The molecule has 4 rings (SSSR count). The average Bonchev–Trinajstić information content (AvgIpc) is 3.33. The molecule has 0 aliphatic carbocycles. The Morgan fingerprint density at radius 2 is 1.34 bits per heavy atom. The Labute approximate surface area is 174 Å². The van der Waals surface area contributed by atoms with E-state index in [-0.39, 0.29) is 5.92 Å². The van der Waals surface area contributed by atoms with Crippen molar-refractivity contribution in [1.82, 2.24) is 0 Å². The van der Waals surface area contributed by atoms with Gasteiger partial charge in [0.2, 0.25) is 0 Å². The van der Waals surface area contributed by atoms with Crippen LogP contribution in [0.3, 0.4) is 0 Å². The molecular formula is C24H21ClO4. The maximum Gasteiger partial charge on any atom is 0.133 e.